The third-order valence-electron chi connectivity index (χ3n) is 4.56. The Morgan fingerprint density at radius 2 is 1.38 bits per heavy atom. The predicted molar refractivity (Wildman–Crippen MR) is 101 cm³/mol. The van der Waals surface area contributed by atoms with Gasteiger partial charge in [0, 0.05) is 6.92 Å². The quantitative estimate of drug-likeness (QED) is 0.204. The van der Waals surface area contributed by atoms with Crippen molar-refractivity contribution in [3.63, 3.8) is 0 Å². The molecule has 0 aromatic heterocycles. The third kappa shape index (κ3) is 11.4. The molecule has 1 unspecified atom stereocenters. The first-order valence-corrected chi connectivity index (χ1v) is 9.86. The summed E-state index contributed by atoms with van der Waals surface area (Å²) in [4.78, 5) is 23.2. The Morgan fingerprint density at radius 1 is 0.875 bits per heavy atom. The van der Waals surface area contributed by atoms with E-state index < -0.39 is 11.6 Å². The van der Waals surface area contributed by atoms with E-state index in [9.17, 15) is 9.59 Å². The molecule has 0 aliphatic rings. The number of allylic oxidation sites excluding steroid dienone is 1. The fourth-order valence-corrected chi connectivity index (χ4v) is 2.73. The molecule has 0 amide bonds. The Morgan fingerprint density at radius 3 is 1.83 bits per heavy atom. The van der Waals surface area contributed by atoms with E-state index >= 15 is 0 Å². The minimum Gasteiger partial charge on any atom is -0.451 e. The largest absolute Gasteiger partial charge is 0.451 e. The van der Waals surface area contributed by atoms with Crippen molar-refractivity contribution in [2.75, 3.05) is 0 Å². The standard InChI is InChI=1S/C21H38O3/c1-5-7-8-9-10-11-12-13-14-15-16-17-18-20(23)21(4,6-2)24-19(3)22/h17-18H,5-16H2,1-4H3. The van der Waals surface area contributed by atoms with Gasteiger partial charge in [-0.1, -0.05) is 77.7 Å². The van der Waals surface area contributed by atoms with Crippen LogP contribution in [-0.2, 0) is 14.3 Å². The Kier molecular flexibility index (Phi) is 13.6. The minimum absolute atomic E-state index is 0.118. The lowest BCUT2D eigenvalue weighted by Crippen LogP contribution is -2.38. The van der Waals surface area contributed by atoms with Crippen molar-refractivity contribution in [3.05, 3.63) is 12.2 Å². The van der Waals surface area contributed by atoms with Gasteiger partial charge in [-0.25, -0.2) is 0 Å². The predicted octanol–water partition coefficient (Wildman–Crippen LogP) is 6.15. The third-order valence-corrected chi connectivity index (χ3v) is 4.56. The summed E-state index contributed by atoms with van der Waals surface area (Å²) in [6, 6.07) is 0. The number of unbranched alkanes of at least 4 members (excludes halogenated alkanes) is 10. The molecule has 3 nitrogen and oxygen atoms in total. The summed E-state index contributed by atoms with van der Waals surface area (Å²) >= 11 is 0. The molecule has 0 aromatic carbocycles. The summed E-state index contributed by atoms with van der Waals surface area (Å²) in [5, 5.41) is 0. The molecule has 24 heavy (non-hydrogen) atoms. The fraction of sp³-hybridized carbons (Fsp3) is 0.810. The van der Waals surface area contributed by atoms with Gasteiger partial charge in [0.15, 0.2) is 11.4 Å². The van der Waals surface area contributed by atoms with Crippen LogP contribution >= 0.6 is 0 Å². The van der Waals surface area contributed by atoms with Gasteiger partial charge in [0.1, 0.15) is 0 Å². The molecule has 1 atom stereocenters. The van der Waals surface area contributed by atoms with Gasteiger partial charge in [-0.3, -0.25) is 9.59 Å². The molecule has 0 heterocycles. The Balaban J connectivity index is 3.71. The summed E-state index contributed by atoms with van der Waals surface area (Å²) in [5.74, 6) is -0.525. The van der Waals surface area contributed by atoms with E-state index in [0.29, 0.717) is 6.42 Å². The van der Waals surface area contributed by atoms with Gasteiger partial charge in [0.25, 0.3) is 0 Å². The van der Waals surface area contributed by atoms with Crippen LogP contribution in [0.3, 0.4) is 0 Å². The molecule has 0 aliphatic carbocycles. The van der Waals surface area contributed by atoms with Gasteiger partial charge in [-0.05, 0) is 32.3 Å². The molecule has 0 spiro atoms. The van der Waals surface area contributed by atoms with Gasteiger partial charge >= 0.3 is 5.97 Å². The Labute approximate surface area is 149 Å². The zero-order valence-electron chi connectivity index (χ0n) is 16.4. The molecule has 0 saturated carbocycles. The van der Waals surface area contributed by atoms with Gasteiger partial charge < -0.3 is 4.74 Å². The van der Waals surface area contributed by atoms with E-state index in [1.54, 1.807) is 13.0 Å². The number of hydrogen-bond acceptors (Lipinski definition) is 3. The topological polar surface area (TPSA) is 43.4 Å². The first-order chi connectivity index (χ1) is 11.5. The average Bonchev–Trinajstić information content (AvgIpc) is 2.54. The van der Waals surface area contributed by atoms with Crippen LogP contribution in [-0.4, -0.2) is 17.4 Å². The number of carbonyl (C=O) groups is 2. The van der Waals surface area contributed by atoms with Crippen LogP contribution in [0.2, 0.25) is 0 Å². The first kappa shape index (κ1) is 22.9. The zero-order valence-corrected chi connectivity index (χ0v) is 16.4. The maximum absolute atomic E-state index is 12.1. The van der Waals surface area contributed by atoms with Crippen LogP contribution in [0.25, 0.3) is 0 Å². The van der Waals surface area contributed by atoms with Crippen LogP contribution in [0.15, 0.2) is 12.2 Å². The second kappa shape index (κ2) is 14.2. The molecule has 0 aromatic rings. The second-order valence-electron chi connectivity index (χ2n) is 6.92. The molecule has 3 heteroatoms. The number of ketones is 1. The summed E-state index contributed by atoms with van der Waals surface area (Å²) < 4.78 is 5.17. The van der Waals surface area contributed by atoms with E-state index in [1.807, 2.05) is 13.0 Å². The molecule has 0 rings (SSSR count). The smallest absolute Gasteiger partial charge is 0.303 e. The van der Waals surface area contributed by atoms with Crippen LogP contribution in [0, 0.1) is 0 Å². The normalized spacial score (nSPS) is 13.8. The van der Waals surface area contributed by atoms with Crippen LogP contribution in [0.4, 0.5) is 0 Å². The van der Waals surface area contributed by atoms with Crippen LogP contribution in [0.5, 0.6) is 0 Å². The number of esters is 1. The number of ether oxygens (including phenoxy) is 1. The minimum atomic E-state index is -1.01. The highest BCUT2D eigenvalue weighted by atomic mass is 16.6. The number of carbonyl (C=O) groups excluding carboxylic acids is 2. The lowest BCUT2D eigenvalue weighted by molar-refractivity contribution is -0.162. The van der Waals surface area contributed by atoms with Crippen LogP contribution < -0.4 is 0 Å². The second-order valence-corrected chi connectivity index (χ2v) is 6.92. The van der Waals surface area contributed by atoms with Gasteiger partial charge in [-0.15, -0.1) is 0 Å². The Bertz CT molecular complexity index is 373. The van der Waals surface area contributed by atoms with Crippen molar-refractivity contribution >= 4 is 11.8 Å². The highest BCUT2D eigenvalue weighted by Crippen LogP contribution is 2.18. The average molecular weight is 339 g/mol. The van der Waals surface area contributed by atoms with E-state index in [0.717, 1.165) is 12.8 Å². The molecule has 0 saturated heterocycles. The maximum atomic E-state index is 12.1. The fourth-order valence-electron chi connectivity index (χ4n) is 2.73. The summed E-state index contributed by atoms with van der Waals surface area (Å²) in [6.07, 6.45) is 18.1. The molecular weight excluding hydrogens is 300 g/mol. The SMILES string of the molecule is CCCCCCCCCCCCC=CC(=O)C(C)(CC)OC(C)=O. The summed E-state index contributed by atoms with van der Waals surface area (Å²) in [5.41, 5.74) is -1.01. The van der Waals surface area contributed by atoms with Crippen molar-refractivity contribution in [3.8, 4) is 0 Å². The van der Waals surface area contributed by atoms with Crippen molar-refractivity contribution in [1.82, 2.24) is 0 Å². The summed E-state index contributed by atoms with van der Waals surface area (Å²) in [6.45, 7) is 7.13. The first-order valence-electron chi connectivity index (χ1n) is 9.86. The van der Waals surface area contributed by atoms with Crippen molar-refractivity contribution in [2.24, 2.45) is 0 Å². The monoisotopic (exact) mass is 338 g/mol. The van der Waals surface area contributed by atoms with Crippen molar-refractivity contribution in [2.45, 2.75) is 110 Å². The molecule has 0 N–H and O–H groups in total. The lowest BCUT2D eigenvalue weighted by atomic mass is 9.96. The van der Waals surface area contributed by atoms with Gasteiger partial charge in [0.05, 0.1) is 0 Å². The van der Waals surface area contributed by atoms with E-state index in [2.05, 4.69) is 6.92 Å². The molecular formula is C21H38O3. The molecule has 0 radical (unpaired) electrons. The van der Waals surface area contributed by atoms with Gasteiger partial charge in [-0.2, -0.15) is 0 Å². The number of rotatable bonds is 15. The molecule has 0 fully saturated rings. The summed E-state index contributed by atoms with van der Waals surface area (Å²) in [7, 11) is 0. The highest BCUT2D eigenvalue weighted by Gasteiger charge is 2.32. The molecule has 0 bridgehead atoms. The maximum Gasteiger partial charge on any atom is 0.303 e. The van der Waals surface area contributed by atoms with Gasteiger partial charge in [0.2, 0.25) is 0 Å². The highest BCUT2D eigenvalue weighted by molar-refractivity contribution is 5.97. The van der Waals surface area contributed by atoms with Crippen molar-refractivity contribution < 1.29 is 14.3 Å². The van der Waals surface area contributed by atoms with E-state index in [4.69, 9.17) is 4.74 Å². The van der Waals surface area contributed by atoms with E-state index in [-0.39, 0.29) is 5.78 Å². The Hall–Kier alpha value is -1.12. The molecule has 140 valence electrons. The zero-order chi connectivity index (χ0) is 18.3. The van der Waals surface area contributed by atoms with Crippen LogP contribution in [0.1, 0.15) is 105 Å². The van der Waals surface area contributed by atoms with E-state index in [1.165, 1.54) is 64.7 Å². The molecule has 0 aliphatic heterocycles. The number of hydrogen-bond donors (Lipinski definition) is 0. The lowest BCUT2D eigenvalue weighted by Gasteiger charge is -2.24. The van der Waals surface area contributed by atoms with Crippen molar-refractivity contribution in [1.29, 1.82) is 0 Å².